The van der Waals surface area contributed by atoms with Gasteiger partial charge in [0.2, 0.25) is 10.0 Å². The van der Waals surface area contributed by atoms with E-state index in [4.69, 9.17) is 0 Å². The van der Waals surface area contributed by atoms with Crippen LogP contribution in [-0.2, 0) is 29.4 Å². The molecule has 6 nitrogen and oxygen atoms in total. The lowest BCUT2D eigenvalue weighted by Gasteiger charge is -2.25. The van der Waals surface area contributed by atoms with Crippen LogP contribution >= 0.6 is 0 Å². The third-order valence-corrected chi connectivity index (χ3v) is 7.07. The second-order valence-corrected chi connectivity index (χ2v) is 8.57. The highest BCUT2D eigenvalue weighted by atomic mass is 32.2. The largest absolute Gasteiger partial charge is 0.251 e. The van der Waals surface area contributed by atoms with E-state index >= 15 is 0 Å². The van der Waals surface area contributed by atoms with Crippen molar-refractivity contribution in [2.75, 3.05) is 6.54 Å². The standard InChI is InChI=1S/C17H22N4O2S/c22-24(23,17-8-7-14-4-1-2-5-15(14)12-17)21-10-3-6-16(21)13-20-11-9-18-19-20/h7-9,11-12,16H,1-6,10,13H2/t16-/m0/s1. The Balaban J connectivity index is 1.61. The maximum absolute atomic E-state index is 13.1. The van der Waals surface area contributed by atoms with Gasteiger partial charge in [-0.1, -0.05) is 11.3 Å². The lowest BCUT2D eigenvalue weighted by atomic mass is 9.92. The summed E-state index contributed by atoms with van der Waals surface area (Å²) in [5.41, 5.74) is 2.51. The molecule has 1 saturated heterocycles. The van der Waals surface area contributed by atoms with Crippen molar-refractivity contribution in [3.05, 3.63) is 41.7 Å². The van der Waals surface area contributed by atoms with Gasteiger partial charge < -0.3 is 0 Å². The van der Waals surface area contributed by atoms with Crippen LogP contribution in [0.2, 0.25) is 0 Å². The molecule has 1 aliphatic heterocycles. The Hall–Kier alpha value is -1.73. The number of hydrogen-bond donors (Lipinski definition) is 0. The number of fused-ring (bicyclic) bond motifs is 1. The first-order chi connectivity index (χ1) is 11.6. The second kappa shape index (κ2) is 6.29. The van der Waals surface area contributed by atoms with Crippen LogP contribution in [0.1, 0.15) is 36.8 Å². The number of benzene rings is 1. The smallest absolute Gasteiger partial charge is 0.243 e. The summed E-state index contributed by atoms with van der Waals surface area (Å²) in [6.07, 6.45) is 9.56. The molecular weight excluding hydrogens is 324 g/mol. The number of sulfonamides is 1. The maximum atomic E-state index is 13.1. The Morgan fingerprint density at radius 3 is 2.75 bits per heavy atom. The molecule has 128 valence electrons. The molecule has 4 rings (SSSR count). The van der Waals surface area contributed by atoms with Crippen LogP contribution in [-0.4, -0.2) is 40.3 Å². The minimum Gasteiger partial charge on any atom is -0.251 e. The van der Waals surface area contributed by atoms with Crippen LogP contribution in [0.15, 0.2) is 35.5 Å². The highest BCUT2D eigenvalue weighted by Gasteiger charge is 2.35. The molecule has 2 heterocycles. The van der Waals surface area contributed by atoms with Crippen molar-refractivity contribution in [1.29, 1.82) is 0 Å². The van der Waals surface area contributed by atoms with Gasteiger partial charge in [-0.2, -0.15) is 4.31 Å². The van der Waals surface area contributed by atoms with Gasteiger partial charge in [0.25, 0.3) is 0 Å². The molecule has 0 unspecified atom stereocenters. The molecular formula is C17H22N4O2S. The van der Waals surface area contributed by atoms with E-state index in [0.717, 1.165) is 32.1 Å². The maximum Gasteiger partial charge on any atom is 0.243 e. The zero-order valence-electron chi connectivity index (χ0n) is 13.6. The number of aromatic nitrogens is 3. The zero-order chi connectivity index (χ0) is 16.6. The third kappa shape index (κ3) is 2.86. The molecule has 2 aromatic rings. The summed E-state index contributed by atoms with van der Waals surface area (Å²) >= 11 is 0. The zero-order valence-corrected chi connectivity index (χ0v) is 14.5. The van der Waals surface area contributed by atoms with Crippen molar-refractivity contribution in [2.24, 2.45) is 0 Å². The van der Waals surface area contributed by atoms with Gasteiger partial charge in [-0.3, -0.25) is 4.68 Å². The first kappa shape index (κ1) is 15.8. The molecule has 0 amide bonds. The number of aryl methyl sites for hydroxylation is 2. The molecule has 1 atom stereocenters. The number of nitrogens with zero attached hydrogens (tertiary/aromatic N) is 4. The van der Waals surface area contributed by atoms with Gasteiger partial charge in [0.1, 0.15) is 0 Å². The molecule has 1 aromatic heterocycles. The fraction of sp³-hybridized carbons (Fsp3) is 0.529. The van der Waals surface area contributed by atoms with E-state index in [2.05, 4.69) is 10.3 Å². The van der Waals surface area contributed by atoms with Gasteiger partial charge in [-0.15, -0.1) is 5.10 Å². The van der Waals surface area contributed by atoms with E-state index in [1.165, 1.54) is 17.5 Å². The predicted octanol–water partition coefficient (Wildman–Crippen LogP) is 2.01. The minimum atomic E-state index is -3.45. The Labute approximate surface area is 142 Å². The van der Waals surface area contributed by atoms with E-state index in [1.54, 1.807) is 27.4 Å². The van der Waals surface area contributed by atoms with Crippen molar-refractivity contribution in [2.45, 2.75) is 56.0 Å². The van der Waals surface area contributed by atoms with E-state index < -0.39 is 10.0 Å². The van der Waals surface area contributed by atoms with Gasteiger partial charge in [-0.25, -0.2) is 8.42 Å². The Bertz CT molecular complexity index is 817. The van der Waals surface area contributed by atoms with Crippen LogP contribution in [0.4, 0.5) is 0 Å². The van der Waals surface area contributed by atoms with Crippen molar-refractivity contribution >= 4 is 10.0 Å². The summed E-state index contributed by atoms with van der Waals surface area (Å²) in [7, 11) is -3.45. The summed E-state index contributed by atoms with van der Waals surface area (Å²) in [5, 5.41) is 7.77. The average Bonchev–Trinajstić information content (AvgIpc) is 3.27. The predicted molar refractivity (Wildman–Crippen MR) is 90.0 cm³/mol. The van der Waals surface area contributed by atoms with Crippen molar-refractivity contribution in [1.82, 2.24) is 19.3 Å². The van der Waals surface area contributed by atoms with Gasteiger partial charge in [0.15, 0.2) is 0 Å². The third-order valence-electron chi connectivity index (χ3n) is 5.12. The molecule has 2 aliphatic rings. The summed E-state index contributed by atoms with van der Waals surface area (Å²) in [6, 6.07) is 5.64. The molecule has 1 aromatic carbocycles. The quantitative estimate of drug-likeness (QED) is 0.849. The first-order valence-electron chi connectivity index (χ1n) is 8.62. The van der Waals surface area contributed by atoms with Gasteiger partial charge in [-0.05, 0) is 61.8 Å². The minimum absolute atomic E-state index is 0.0484. The highest BCUT2D eigenvalue weighted by Crippen LogP contribution is 2.30. The van der Waals surface area contributed by atoms with Gasteiger partial charge in [0.05, 0.1) is 17.6 Å². The topological polar surface area (TPSA) is 68.1 Å². The monoisotopic (exact) mass is 346 g/mol. The Morgan fingerprint density at radius 1 is 1.12 bits per heavy atom. The SMILES string of the molecule is O=S(=O)(c1ccc2c(c1)CCCC2)N1CCC[C@H]1Cn1ccnn1. The van der Waals surface area contributed by atoms with Crippen molar-refractivity contribution in [3.8, 4) is 0 Å². The fourth-order valence-electron chi connectivity index (χ4n) is 3.86. The number of rotatable bonds is 4. The molecule has 24 heavy (non-hydrogen) atoms. The van der Waals surface area contributed by atoms with Crippen LogP contribution in [0.3, 0.4) is 0 Å². The number of hydrogen-bond acceptors (Lipinski definition) is 4. The van der Waals surface area contributed by atoms with E-state index in [9.17, 15) is 8.42 Å². The first-order valence-corrected chi connectivity index (χ1v) is 10.1. The second-order valence-electron chi connectivity index (χ2n) is 6.67. The molecule has 0 radical (unpaired) electrons. The van der Waals surface area contributed by atoms with Crippen LogP contribution < -0.4 is 0 Å². The molecule has 1 fully saturated rings. The van der Waals surface area contributed by atoms with Crippen LogP contribution in [0, 0.1) is 0 Å². The molecule has 7 heteroatoms. The molecule has 0 bridgehead atoms. The lowest BCUT2D eigenvalue weighted by Crippen LogP contribution is -2.38. The lowest BCUT2D eigenvalue weighted by molar-refractivity contribution is 0.338. The van der Waals surface area contributed by atoms with Crippen molar-refractivity contribution < 1.29 is 8.42 Å². The van der Waals surface area contributed by atoms with Crippen LogP contribution in [0.5, 0.6) is 0 Å². The highest BCUT2D eigenvalue weighted by molar-refractivity contribution is 7.89. The summed E-state index contributed by atoms with van der Waals surface area (Å²) in [5.74, 6) is 0. The molecule has 0 N–H and O–H groups in total. The summed E-state index contributed by atoms with van der Waals surface area (Å²) in [6.45, 7) is 1.14. The Kier molecular flexibility index (Phi) is 4.14. The summed E-state index contributed by atoms with van der Waals surface area (Å²) < 4.78 is 29.6. The summed E-state index contributed by atoms with van der Waals surface area (Å²) in [4.78, 5) is 0.439. The Morgan fingerprint density at radius 2 is 1.96 bits per heavy atom. The average molecular weight is 346 g/mol. The fourth-order valence-corrected chi connectivity index (χ4v) is 5.60. The molecule has 0 saturated carbocycles. The molecule has 1 aliphatic carbocycles. The van der Waals surface area contributed by atoms with E-state index in [1.807, 2.05) is 12.1 Å². The van der Waals surface area contributed by atoms with Crippen LogP contribution in [0.25, 0.3) is 0 Å². The van der Waals surface area contributed by atoms with E-state index in [-0.39, 0.29) is 6.04 Å². The van der Waals surface area contributed by atoms with Gasteiger partial charge >= 0.3 is 0 Å². The normalized spacial score (nSPS) is 21.8. The van der Waals surface area contributed by atoms with E-state index in [0.29, 0.717) is 18.0 Å². The molecule has 0 spiro atoms. The van der Waals surface area contributed by atoms with Gasteiger partial charge in [0, 0.05) is 18.8 Å². The van der Waals surface area contributed by atoms with Crippen molar-refractivity contribution in [3.63, 3.8) is 0 Å².